The van der Waals surface area contributed by atoms with E-state index in [0.29, 0.717) is 0 Å². The molecule has 27 heavy (non-hydrogen) atoms. The van der Waals surface area contributed by atoms with E-state index in [9.17, 15) is 23.3 Å². The van der Waals surface area contributed by atoms with Crippen LogP contribution in [0.2, 0.25) is 0 Å². The Morgan fingerprint density at radius 2 is 1.93 bits per heavy atom. The van der Waals surface area contributed by atoms with Gasteiger partial charge in [0.1, 0.15) is 5.75 Å². The highest BCUT2D eigenvalue weighted by Gasteiger charge is 2.29. The van der Waals surface area contributed by atoms with Crippen LogP contribution < -0.4 is 9.04 Å². The summed E-state index contributed by atoms with van der Waals surface area (Å²) in [4.78, 5) is 21.0. The second kappa shape index (κ2) is 8.49. The number of ether oxygens (including phenoxy) is 1. The molecule has 2 aromatic carbocycles. The molecule has 0 bridgehead atoms. The first-order valence-electron chi connectivity index (χ1n) is 7.98. The van der Waals surface area contributed by atoms with Crippen molar-refractivity contribution in [2.24, 2.45) is 0 Å². The lowest BCUT2D eigenvalue weighted by molar-refractivity contribution is -0.385. The maximum Gasteiger partial charge on any atom is 0.305 e. The van der Waals surface area contributed by atoms with E-state index in [1.807, 2.05) is 0 Å². The highest BCUT2D eigenvalue weighted by Crippen LogP contribution is 2.33. The Balaban J connectivity index is 2.58. The zero-order valence-electron chi connectivity index (χ0n) is 14.4. The molecule has 0 radical (unpaired) electrons. The van der Waals surface area contributed by atoms with Crippen molar-refractivity contribution in [1.29, 1.82) is 0 Å². The molecule has 2 aromatic rings. The summed E-state index contributed by atoms with van der Waals surface area (Å²) in [6.07, 6.45) is -0.450. The molecule has 1 N–H and O–H groups in total. The van der Waals surface area contributed by atoms with Gasteiger partial charge in [-0.05, 0) is 25.1 Å². The number of nitrogens with zero attached hydrogens (tertiary/aromatic N) is 2. The van der Waals surface area contributed by atoms with Crippen LogP contribution >= 0.6 is 0 Å². The van der Waals surface area contributed by atoms with Crippen molar-refractivity contribution < 1.29 is 28.0 Å². The lowest BCUT2D eigenvalue weighted by Crippen LogP contribution is -2.33. The second-order valence-corrected chi connectivity index (χ2v) is 7.24. The molecule has 0 amide bonds. The summed E-state index contributed by atoms with van der Waals surface area (Å²) in [5.74, 6) is -0.914. The number of nitro benzene ring substituents is 1. The van der Waals surface area contributed by atoms with Crippen molar-refractivity contribution in [2.75, 3.05) is 17.5 Å². The second-order valence-electron chi connectivity index (χ2n) is 5.38. The van der Waals surface area contributed by atoms with E-state index in [0.717, 1.165) is 10.4 Å². The van der Waals surface area contributed by atoms with Gasteiger partial charge in [-0.25, -0.2) is 8.42 Å². The standard InChI is InChI=1S/C17H18N2O7S/c1-2-26-16-9-4-3-8-15(16)18(11-10-17(20)21)27(24,25)14-7-5-6-13(12-14)19(22)23/h3-9,12H,2,10-11H2,1H3,(H,20,21). The summed E-state index contributed by atoms with van der Waals surface area (Å²) in [5, 5.41) is 20.0. The first-order chi connectivity index (χ1) is 12.8. The molecule has 0 spiro atoms. The van der Waals surface area contributed by atoms with Gasteiger partial charge in [0.05, 0.1) is 28.5 Å². The van der Waals surface area contributed by atoms with E-state index in [4.69, 9.17) is 9.84 Å². The Hall–Kier alpha value is -3.14. The molecule has 0 atom stereocenters. The number of aliphatic carboxylic acids is 1. The fourth-order valence-electron chi connectivity index (χ4n) is 2.39. The summed E-state index contributed by atoms with van der Waals surface area (Å²) in [7, 11) is -4.26. The van der Waals surface area contributed by atoms with Gasteiger partial charge in [0, 0.05) is 18.7 Å². The maximum absolute atomic E-state index is 13.1. The van der Waals surface area contributed by atoms with Gasteiger partial charge in [0.2, 0.25) is 0 Å². The number of sulfonamides is 1. The SMILES string of the molecule is CCOc1ccccc1N(CCC(=O)O)S(=O)(=O)c1cccc([N+](=O)[O-])c1. The third kappa shape index (κ3) is 4.73. The number of non-ortho nitro benzene ring substituents is 1. The van der Waals surface area contributed by atoms with Gasteiger partial charge < -0.3 is 9.84 Å². The van der Waals surface area contributed by atoms with E-state index in [1.54, 1.807) is 25.1 Å². The Morgan fingerprint density at radius 1 is 1.22 bits per heavy atom. The van der Waals surface area contributed by atoms with Crippen LogP contribution in [0.15, 0.2) is 53.4 Å². The summed E-state index contributed by atoms with van der Waals surface area (Å²) in [6.45, 7) is 1.65. The van der Waals surface area contributed by atoms with Gasteiger partial charge in [-0.15, -0.1) is 0 Å². The molecule has 0 heterocycles. The predicted molar refractivity (Wildman–Crippen MR) is 97.5 cm³/mol. The first kappa shape index (κ1) is 20.2. The molecule has 0 saturated carbocycles. The largest absolute Gasteiger partial charge is 0.492 e. The zero-order valence-corrected chi connectivity index (χ0v) is 15.3. The number of hydrogen-bond donors (Lipinski definition) is 1. The number of carboxylic acid groups (broad SMARTS) is 1. The smallest absolute Gasteiger partial charge is 0.305 e. The average molecular weight is 394 g/mol. The lowest BCUT2D eigenvalue weighted by atomic mass is 10.3. The summed E-state index contributed by atoms with van der Waals surface area (Å²) >= 11 is 0. The van der Waals surface area contributed by atoms with Gasteiger partial charge in [-0.1, -0.05) is 18.2 Å². The first-order valence-corrected chi connectivity index (χ1v) is 9.42. The fraction of sp³-hybridized carbons (Fsp3) is 0.235. The van der Waals surface area contributed by atoms with E-state index in [1.165, 1.54) is 24.3 Å². The van der Waals surface area contributed by atoms with Crippen molar-refractivity contribution in [3.05, 3.63) is 58.6 Å². The minimum Gasteiger partial charge on any atom is -0.492 e. The zero-order chi connectivity index (χ0) is 20.0. The molecule has 0 aliphatic carbocycles. The lowest BCUT2D eigenvalue weighted by Gasteiger charge is -2.25. The molecule has 2 rings (SSSR count). The van der Waals surface area contributed by atoms with E-state index in [-0.39, 0.29) is 35.2 Å². The monoisotopic (exact) mass is 394 g/mol. The fourth-order valence-corrected chi connectivity index (χ4v) is 3.91. The molecule has 9 nitrogen and oxygen atoms in total. The minimum atomic E-state index is -4.26. The van der Waals surface area contributed by atoms with Crippen molar-refractivity contribution in [3.63, 3.8) is 0 Å². The van der Waals surface area contributed by atoms with Crippen LogP contribution in [0.4, 0.5) is 11.4 Å². The Bertz CT molecular complexity index is 944. The highest BCUT2D eigenvalue weighted by atomic mass is 32.2. The molecule has 0 saturated heterocycles. The van der Waals surface area contributed by atoms with Crippen LogP contribution in [-0.4, -0.2) is 37.6 Å². The quantitative estimate of drug-likeness (QED) is 0.511. The van der Waals surface area contributed by atoms with Gasteiger partial charge in [-0.2, -0.15) is 0 Å². The predicted octanol–water partition coefficient (Wildman–Crippen LogP) is 2.66. The van der Waals surface area contributed by atoms with Crippen molar-refractivity contribution in [1.82, 2.24) is 0 Å². The third-order valence-corrected chi connectivity index (χ3v) is 5.39. The van der Waals surface area contributed by atoms with Crippen molar-refractivity contribution in [2.45, 2.75) is 18.2 Å². The normalized spacial score (nSPS) is 11.0. The Labute approximate surface area is 156 Å². The molecule has 10 heteroatoms. The molecular formula is C17H18N2O7S. The molecule has 144 valence electrons. The van der Waals surface area contributed by atoms with Crippen LogP contribution in [0, 0.1) is 10.1 Å². The van der Waals surface area contributed by atoms with E-state index >= 15 is 0 Å². The summed E-state index contributed by atoms with van der Waals surface area (Å²) in [5.41, 5.74) is -0.223. The summed E-state index contributed by atoms with van der Waals surface area (Å²) < 4.78 is 32.6. The van der Waals surface area contributed by atoms with Gasteiger partial charge in [0.15, 0.2) is 0 Å². The number of benzene rings is 2. The third-order valence-electron chi connectivity index (χ3n) is 3.58. The number of anilines is 1. The minimum absolute atomic E-state index is 0.159. The molecular weight excluding hydrogens is 376 g/mol. The number of carbonyl (C=O) groups is 1. The van der Waals surface area contributed by atoms with Gasteiger partial charge >= 0.3 is 5.97 Å². The average Bonchev–Trinajstić information content (AvgIpc) is 2.63. The van der Waals surface area contributed by atoms with Crippen LogP contribution in [0.3, 0.4) is 0 Å². The number of nitro groups is 1. The van der Waals surface area contributed by atoms with Crippen LogP contribution in [0.5, 0.6) is 5.75 Å². The number of hydrogen-bond acceptors (Lipinski definition) is 6. The van der Waals surface area contributed by atoms with Crippen LogP contribution in [0.1, 0.15) is 13.3 Å². The van der Waals surface area contributed by atoms with Gasteiger partial charge in [0.25, 0.3) is 15.7 Å². The number of carboxylic acids is 1. The van der Waals surface area contributed by atoms with Gasteiger partial charge in [-0.3, -0.25) is 19.2 Å². The molecule has 0 fully saturated rings. The number of rotatable bonds is 9. The highest BCUT2D eigenvalue weighted by molar-refractivity contribution is 7.92. The summed E-state index contributed by atoms with van der Waals surface area (Å²) in [6, 6.07) is 10.9. The van der Waals surface area contributed by atoms with Crippen LogP contribution in [0.25, 0.3) is 0 Å². The molecule has 0 aromatic heterocycles. The number of para-hydroxylation sites is 2. The molecule has 0 aliphatic rings. The molecule has 0 aliphatic heterocycles. The van der Waals surface area contributed by atoms with E-state index in [2.05, 4.69) is 0 Å². The maximum atomic E-state index is 13.1. The Kier molecular flexibility index (Phi) is 6.35. The molecule has 0 unspecified atom stereocenters. The topological polar surface area (TPSA) is 127 Å². The van der Waals surface area contributed by atoms with E-state index < -0.39 is 27.3 Å². The Morgan fingerprint density at radius 3 is 2.56 bits per heavy atom. The van der Waals surface area contributed by atoms with Crippen molar-refractivity contribution >= 4 is 27.4 Å². The van der Waals surface area contributed by atoms with Crippen molar-refractivity contribution in [3.8, 4) is 5.75 Å². The van der Waals surface area contributed by atoms with Crippen LogP contribution in [-0.2, 0) is 14.8 Å².